The molecule has 0 radical (unpaired) electrons. The lowest BCUT2D eigenvalue weighted by molar-refractivity contribution is -0.124. The van der Waals surface area contributed by atoms with Crippen molar-refractivity contribution in [1.82, 2.24) is 10.6 Å². The van der Waals surface area contributed by atoms with Gasteiger partial charge in [0.25, 0.3) is 0 Å². The number of nitrogens with one attached hydrogen (secondary N) is 3. The summed E-state index contributed by atoms with van der Waals surface area (Å²) in [6.07, 6.45) is -0.149. The number of benzene rings is 2. The van der Waals surface area contributed by atoms with Gasteiger partial charge >= 0.3 is 6.03 Å². The monoisotopic (exact) mass is 339 g/mol. The van der Waals surface area contributed by atoms with Crippen LogP contribution in [0, 0.1) is 0 Å². The third-order valence-corrected chi connectivity index (χ3v) is 4.27. The van der Waals surface area contributed by atoms with E-state index >= 15 is 0 Å². The van der Waals surface area contributed by atoms with Crippen molar-refractivity contribution in [2.75, 3.05) is 5.32 Å². The minimum absolute atomic E-state index is 0.344. The molecular formula is C19H21N3O3. The molecule has 0 heterocycles. The number of rotatable bonds is 4. The Morgan fingerprint density at radius 1 is 1.08 bits per heavy atom. The quantitative estimate of drug-likeness (QED) is 0.686. The number of hydrogen-bond donors (Lipinski definition) is 4. The Labute approximate surface area is 146 Å². The Bertz CT molecular complexity index is 764. The fraction of sp³-hybridized carbons (Fsp3) is 0.263. The molecule has 3 rings (SSSR count). The number of urea groups is 1. The number of aliphatic hydroxyl groups excluding tert-OH is 1. The van der Waals surface area contributed by atoms with Gasteiger partial charge in [-0.15, -0.1) is 0 Å². The van der Waals surface area contributed by atoms with Crippen molar-refractivity contribution in [1.29, 1.82) is 0 Å². The summed E-state index contributed by atoms with van der Waals surface area (Å²) in [4.78, 5) is 24.4. The van der Waals surface area contributed by atoms with Crippen LogP contribution in [0.15, 0.2) is 54.6 Å². The number of para-hydroxylation sites is 1. The highest BCUT2D eigenvalue weighted by atomic mass is 16.3. The zero-order valence-electron chi connectivity index (χ0n) is 13.9. The molecular weight excluding hydrogens is 318 g/mol. The largest absolute Gasteiger partial charge is 0.390 e. The molecule has 2 aromatic rings. The first-order valence-corrected chi connectivity index (χ1v) is 8.23. The number of carbonyl (C=O) groups excluding carboxylic acids is 2. The standard InChI is InChI=1S/C19H21N3O3/c1-12(20-19(25)21-14-8-3-2-4-9-14)18(24)22-17-15-10-6-5-7-13(15)11-16(17)23/h2-10,12,16-17,23H,11H2,1H3,(H,22,24)(H2,20,21,25). The van der Waals surface area contributed by atoms with Gasteiger partial charge in [-0.2, -0.15) is 0 Å². The topological polar surface area (TPSA) is 90.5 Å². The molecule has 6 nitrogen and oxygen atoms in total. The first kappa shape index (κ1) is 17.0. The van der Waals surface area contributed by atoms with Crippen LogP contribution in [0.5, 0.6) is 0 Å². The lowest BCUT2D eigenvalue weighted by Gasteiger charge is -2.21. The molecule has 0 saturated heterocycles. The average molecular weight is 339 g/mol. The Balaban J connectivity index is 1.57. The van der Waals surface area contributed by atoms with Gasteiger partial charge in [0, 0.05) is 12.1 Å². The summed E-state index contributed by atoms with van der Waals surface area (Å²) in [5.41, 5.74) is 2.60. The summed E-state index contributed by atoms with van der Waals surface area (Å²) < 4.78 is 0. The van der Waals surface area contributed by atoms with E-state index in [1.807, 2.05) is 42.5 Å². The molecule has 4 N–H and O–H groups in total. The van der Waals surface area contributed by atoms with Crippen molar-refractivity contribution in [2.24, 2.45) is 0 Å². The maximum absolute atomic E-state index is 12.4. The second-order valence-corrected chi connectivity index (χ2v) is 6.14. The van der Waals surface area contributed by atoms with Crippen LogP contribution in [0.1, 0.15) is 24.1 Å². The fourth-order valence-corrected chi connectivity index (χ4v) is 2.98. The highest BCUT2D eigenvalue weighted by Crippen LogP contribution is 2.31. The molecule has 0 bridgehead atoms. The number of aliphatic hydroxyl groups is 1. The lowest BCUT2D eigenvalue weighted by atomic mass is 10.1. The number of carbonyl (C=O) groups is 2. The van der Waals surface area contributed by atoms with Crippen molar-refractivity contribution < 1.29 is 14.7 Å². The molecule has 25 heavy (non-hydrogen) atoms. The van der Waals surface area contributed by atoms with Gasteiger partial charge in [-0.25, -0.2) is 4.79 Å². The summed E-state index contributed by atoms with van der Waals surface area (Å²) in [6.45, 7) is 1.60. The highest BCUT2D eigenvalue weighted by molar-refractivity contribution is 5.93. The van der Waals surface area contributed by atoms with Gasteiger partial charge in [-0.1, -0.05) is 42.5 Å². The molecule has 2 aromatic carbocycles. The first-order chi connectivity index (χ1) is 12.0. The number of amides is 3. The van der Waals surface area contributed by atoms with Crippen LogP contribution >= 0.6 is 0 Å². The van der Waals surface area contributed by atoms with E-state index < -0.39 is 24.2 Å². The average Bonchev–Trinajstić information content (AvgIpc) is 2.91. The van der Waals surface area contributed by atoms with Crippen LogP contribution in [0.3, 0.4) is 0 Å². The SMILES string of the molecule is CC(NC(=O)Nc1ccccc1)C(=O)NC1c2ccccc2CC1O. The molecule has 0 aromatic heterocycles. The van der Waals surface area contributed by atoms with Crippen molar-refractivity contribution in [3.05, 3.63) is 65.7 Å². The molecule has 1 aliphatic rings. The van der Waals surface area contributed by atoms with E-state index in [4.69, 9.17) is 0 Å². The molecule has 0 spiro atoms. The minimum atomic E-state index is -0.733. The minimum Gasteiger partial charge on any atom is -0.390 e. The molecule has 0 saturated carbocycles. The fourth-order valence-electron chi connectivity index (χ4n) is 2.98. The van der Waals surface area contributed by atoms with Crippen LogP contribution in [0.2, 0.25) is 0 Å². The zero-order chi connectivity index (χ0) is 17.8. The molecule has 3 amide bonds. The van der Waals surface area contributed by atoms with E-state index in [1.54, 1.807) is 19.1 Å². The zero-order valence-corrected chi connectivity index (χ0v) is 13.9. The smallest absolute Gasteiger partial charge is 0.319 e. The van der Waals surface area contributed by atoms with E-state index in [1.165, 1.54) is 0 Å². The maximum atomic E-state index is 12.4. The number of fused-ring (bicyclic) bond motifs is 1. The van der Waals surface area contributed by atoms with Crippen molar-refractivity contribution >= 4 is 17.6 Å². The van der Waals surface area contributed by atoms with Crippen LogP contribution in [0.4, 0.5) is 10.5 Å². The third kappa shape index (κ3) is 3.97. The van der Waals surface area contributed by atoms with Gasteiger partial charge in [0.2, 0.25) is 5.91 Å². The van der Waals surface area contributed by atoms with Crippen LogP contribution in [-0.2, 0) is 11.2 Å². The Kier molecular flexibility index (Phi) is 5.00. The molecule has 130 valence electrons. The van der Waals surface area contributed by atoms with Gasteiger partial charge in [0.15, 0.2) is 0 Å². The van der Waals surface area contributed by atoms with Gasteiger partial charge in [-0.3, -0.25) is 4.79 Å². The second-order valence-electron chi connectivity index (χ2n) is 6.14. The van der Waals surface area contributed by atoms with E-state index in [9.17, 15) is 14.7 Å². The van der Waals surface area contributed by atoms with Gasteiger partial charge in [0.1, 0.15) is 6.04 Å². The predicted molar refractivity (Wildman–Crippen MR) is 95.1 cm³/mol. The highest BCUT2D eigenvalue weighted by Gasteiger charge is 2.32. The molecule has 1 aliphatic carbocycles. The Morgan fingerprint density at radius 2 is 1.76 bits per heavy atom. The second kappa shape index (κ2) is 7.36. The number of hydrogen-bond acceptors (Lipinski definition) is 3. The summed E-state index contributed by atoms with van der Waals surface area (Å²) in [7, 11) is 0. The van der Waals surface area contributed by atoms with E-state index in [0.717, 1.165) is 11.1 Å². The first-order valence-electron chi connectivity index (χ1n) is 8.23. The lowest BCUT2D eigenvalue weighted by Crippen LogP contribution is -2.48. The van der Waals surface area contributed by atoms with Crippen LogP contribution < -0.4 is 16.0 Å². The van der Waals surface area contributed by atoms with Gasteiger partial charge in [0.05, 0.1) is 12.1 Å². The Hall–Kier alpha value is -2.86. The van der Waals surface area contributed by atoms with Gasteiger partial charge < -0.3 is 21.1 Å². The van der Waals surface area contributed by atoms with Crippen molar-refractivity contribution in [3.8, 4) is 0 Å². The normalized spacial score (nSPS) is 19.6. The van der Waals surface area contributed by atoms with E-state index in [2.05, 4.69) is 16.0 Å². The Morgan fingerprint density at radius 3 is 2.52 bits per heavy atom. The molecule has 0 fully saturated rings. The van der Waals surface area contributed by atoms with Crippen LogP contribution in [-0.4, -0.2) is 29.2 Å². The molecule has 6 heteroatoms. The van der Waals surface area contributed by atoms with E-state index in [0.29, 0.717) is 12.1 Å². The maximum Gasteiger partial charge on any atom is 0.319 e. The predicted octanol–water partition coefficient (Wildman–Crippen LogP) is 1.97. The van der Waals surface area contributed by atoms with Crippen molar-refractivity contribution in [2.45, 2.75) is 31.5 Å². The molecule has 0 aliphatic heterocycles. The third-order valence-electron chi connectivity index (χ3n) is 4.27. The molecule has 3 atom stereocenters. The van der Waals surface area contributed by atoms with E-state index in [-0.39, 0.29) is 5.91 Å². The summed E-state index contributed by atoms with van der Waals surface area (Å²) in [5, 5.41) is 18.3. The number of anilines is 1. The summed E-state index contributed by atoms with van der Waals surface area (Å²) >= 11 is 0. The summed E-state index contributed by atoms with van der Waals surface area (Å²) in [6, 6.07) is 15.0. The molecule has 3 unspecified atom stereocenters. The summed E-state index contributed by atoms with van der Waals surface area (Å²) in [5.74, 6) is -0.344. The van der Waals surface area contributed by atoms with Crippen molar-refractivity contribution in [3.63, 3.8) is 0 Å². The van der Waals surface area contributed by atoms with Gasteiger partial charge in [-0.05, 0) is 30.2 Å². The van der Waals surface area contributed by atoms with Crippen LogP contribution in [0.25, 0.3) is 0 Å².